The standard InChI is InChI=1S/C20H30O4/c1-2-3-4-5-6-9-12-16-17(19(22)15-18(16)21)13-10-7-8-11-14-20(23)24/h3-4,7,9-10,12,16-18,21H,2,5-6,8,11,13-15H2,1H3,(H,23,24)/t16-,17-,18-/m1/s1. The van der Waals surface area contributed by atoms with Gasteiger partial charge in [0, 0.05) is 24.7 Å². The van der Waals surface area contributed by atoms with E-state index in [4.69, 9.17) is 5.11 Å². The average molecular weight is 334 g/mol. The maximum atomic E-state index is 12.1. The van der Waals surface area contributed by atoms with Crippen LogP contribution >= 0.6 is 0 Å². The predicted molar refractivity (Wildman–Crippen MR) is 95.7 cm³/mol. The number of hydrogen-bond acceptors (Lipinski definition) is 3. The fourth-order valence-corrected chi connectivity index (χ4v) is 2.99. The zero-order valence-electron chi connectivity index (χ0n) is 14.6. The number of aliphatic carboxylic acids is 1. The number of unbranched alkanes of at least 4 members (excludes halogenated alkanes) is 2. The summed E-state index contributed by atoms with van der Waals surface area (Å²) in [6.45, 7) is 2.10. The molecule has 0 aromatic carbocycles. The molecule has 4 heteroatoms. The predicted octanol–water partition coefficient (Wildman–Crippen LogP) is 4.06. The van der Waals surface area contributed by atoms with Crippen LogP contribution in [0.2, 0.25) is 0 Å². The second-order valence-corrected chi connectivity index (χ2v) is 6.30. The van der Waals surface area contributed by atoms with Gasteiger partial charge < -0.3 is 10.2 Å². The highest BCUT2D eigenvalue weighted by Gasteiger charge is 2.38. The van der Waals surface area contributed by atoms with E-state index in [9.17, 15) is 14.7 Å². The van der Waals surface area contributed by atoms with Gasteiger partial charge in [-0.3, -0.25) is 9.59 Å². The van der Waals surface area contributed by atoms with Gasteiger partial charge >= 0.3 is 5.97 Å². The largest absolute Gasteiger partial charge is 0.481 e. The van der Waals surface area contributed by atoms with Crippen molar-refractivity contribution in [2.75, 3.05) is 0 Å². The molecule has 4 nitrogen and oxygen atoms in total. The third-order valence-electron chi connectivity index (χ3n) is 4.31. The first-order valence-corrected chi connectivity index (χ1v) is 8.95. The summed E-state index contributed by atoms with van der Waals surface area (Å²) in [5.41, 5.74) is 0. The molecule has 0 heterocycles. The molecule has 0 amide bonds. The van der Waals surface area contributed by atoms with Gasteiger partial charge in [0.25, 0.3) is 0 Å². The maximum absolute atomic E-state index is 12.1. The number of carboxylic acid groups (broad SMARTS) is 1. The number of Topliss-reactive ketones (excluding diaryl/α,β-unsaturated/α-hetero) is 1. The average Bonchev–Trinajstić information content (AvgIpc) is 2.80. The van der Waals surface area contributed by atoms with Crippen LogP contribution in [0.1, 0.15) is 58.3 Å². The van der Waals surface area contributed by atoms with E-state index >= 15 is 0 Å². The van der Waals surface area contributed by atoms with Gasteiger partial charge in [0.2, 0.25) is 0 Å². The molecule has 1 fully saturated rings. The third-order valence-corrected chi connectivity index (χ3v) is 4.31. The van der Waals surface area contributed by atoms with E-state index in [0.717, 1.165) is 19.3 Å². The fraction of sp³-hybridized carbons (Fsp3) is 0.600. The molecule has 134 valence electrons. The molecule has 0 bridgehead atoms. The van der Waals surface area contributed by atoms with Gasteiger partial charge in [-0.25, -0.2) is 0 Å². The highest BCUT2D eigenvalue weighted by molar-refractivity contribution is 5.84. The Hall–Kier alpha value is -1.68. The molecule has 1 rings (SSSR count). The number of carbonyl (C=O) groups excluding carboxylic acids is 1. The lowest BCUT2D eigenvalue weighted by atomic mass is 9.90. The minimum atomic E-state index is -0.781. The van der Waals surface area contributed by atoms with E-state index in [-0.39, 0.29) is 30.5 Å². The van der Waals surface area contributed by atoms with Crippen LogP contribution in [-0.4, -0.2) is 28.1 Å². The summed E-state index contributed by atoms with van der Waals surface area (Å²) >= 11 is 0. The molecule has 0 aromatic rings. The van der Waals surface area contributed by atoms with E-state index in [1.165, 1.54) is 0 Å². The summed E-state index contributed by atoms with van der Waals surface area (Å²) in [4.78, 5) is 22.5. The topological polar surface area (TPSA) is 74.6 Å². The van der Waals surface area contributed by atoms with Crippen molar-refractivity contribution in [3.8, 4) is 0 Å². The van der Waals surface area contributed by atoms with Crippen molar-refractivity contribution in [1.29, 1.82) is 0 Å². The molecular weight excluding hydrogens is 304 g/mol. The summed E-state index contributed by atoms with van der Waals surface area (Å²) in [5, 5.41) is 18.7. The van der Waals surface area contributed by atoms with E-state index in [2.05, 4.69) is 25.2 Å². The summed E-state index contributed by atoms with van der Waals surface area (Å²) in [5.74, 6) is -0.913. The number of allylic oxidation sites excluding steroid dienone is 5. The monoisotopic (exact) mass is 334 g/mol. The third kappa shape index (κ3) is 7.73. The molecule has 0 saturated heterocycles. The molecule has 2 N–H and O–H groups in total. The maximum Gasteiger partial charge on any atom is 0.303 e. The number of aliphatic hydroxyl groups excluding tert-OH is 1. The highest BCUT2D eigenvalue weighted by Crippen LogP contribution is 2.33. The molecule has 0 spiro atoms. The Kier molecular flexibility index (Phi) is 10.0. The minimum Gasteiger partial charge on any atom is -0.481 e. The first-order chi connectivity index (χ1) is 11.6. The normalized spacial score (nSPS) is 24.8. The lowest BCUT2D eigenvalue weighted by Gasteiger charge is -2.15. The van der Waals surface area contributed by atoms with E-state index in [0.29, 0.717) is 19.3 Å². The summed E-state index contributed by atoms with van der Waals surface area (Å²) in [7, 11) is 0. The summed E-state index contributed by atoms with van der Waals surface area (Å²) in [6, 6.07) is 0. The number of hydrogen-bond donors (Lipinski definition) is 2. The van der Waals surface area contributed by atoms with Gasteiger partial charge in [0.1, 0.15) is 5.78 Å². The van der Waals surface area contributed by atoms with Crippen LogP contribution in [0.5, 0.6) is 0 Å². The highest BCUT2D eigenvalue weighted by atomic mass is 16.4. The van der Waals surface area contributed by atoms with Crippen molar-refractivity contribution < 1.29 is 19.8 Å². The van der Waals surface area contributed by atoms with Crippen LogP contribution in [0.25, 0.3) is 0 Å². The van der Waals surface area contributed by atoms with Gasteiger partial charge in [0.15, 0.2) is 0 Å². The number of carbonyl (C=O) groups is 2. The molecule has 0 aromatic heterocycles. The second-order valence-electron chi connectivity index (χ2n) is 6.30. The van der Waals surface area contributed by atoms with Gasteiger partial charge in [0.05, 0.1) is 6.10 Å². The smallest absolute Gasteiger partial charge is 0.303 e. The van der Waals surface area contributed by atoms with Crippen molar-refractivity contribution in [2.45, 2.75) is 64.4 Å². The van der Waals surface area contributed by atoms with Crippen molar-refractivity contribution in [3.63, 3.8) is 0 Å². The molecule has 0 aliphatic heterocycles. The van der Waals surface area contributed by atoms with E-state index < -0.39 is 12.1 Å². The number of rotatable bonds is 11. The van der Waals surface area contributed by atoms with Crippen LogP contribution in [0.4, 0.5) is 0 Å². The lowest BCUT2D eigenvalue weighted by Crippen LogP contribution is -2.17. The van der Waals surface area contributed by atoms with Gasteiger partial charge in [-0.15, -0.1) is 0 Å². The zero-order chi connectivity index (χ0) is 17.8. The molecule has 1 aliphatic rings. The molecule has 0 unspecified atom stereocenters. The van der Waals surface area contributed by atoms with Crippen LogP contribution < -0.4 is 0 Å². The van der Waals surface area contributed by atoms with Crippen molar-refractivity contribution >= 4 is 11.8 Å². The summed E-state index contributed by atoms with van der Waals surface area (Å²) < 4.78 is 0. The zero-order valence-corrected chi connectivity index (χ0v) is 14.6. The SMILES string of the molecule is CCC=CCCC=C[C@H]1[C@H](O)CC(=O)[C@@H]1CC=CCCCC(=O)O. The van der Waals surface area contributed by atoms with Crippen LogP contribution in [-0.2, 0) is 9.59 Å². The lowest BCUT2D eigenvalue weighted by molar-refractivity contribution is -0.137. The first-order valence-electron chi connectivity index (χ1n) is 8.95. The Labute approximate surface area is 145 Å². The summed E-state index contributed by atoms with van der Waals surface area (Å²) in [6.07, 6.45) is 17.0. The molecule has 1 saturated carbocycles. The van der Waals surface area contributed by atoms with Crippen molar-refractivity contribution in [3.05, 3.63) is 36.5 Å². The van der Waals surface area contributed by atoms with Crippen LogP contribution in [0, 0.1) is 11.8 Å². The van der Waals surface area contributed by atoms with E-state index in [1.54, 1.807) is 0 Å². The fourth-order valence-electron chi connectivity index (χ4n) is 2.99. The minimum absolute atomic E-state index is 0.101. The number of carboxylic acids is 1. The van der Waals surface area contributed by atoms with Crippen molar-refractivity contribution in [2.24, 2.45) is 11.8 Å². The molecular formula is C20H30O4. The molecule has 0 radical (unpaired) electrons. The molecule has 3 atom stereocenters. The quantitative estimate of drug-likeness (QED) is 0.441. The Morgan fingerprint density at radius 3 is 2.54 bits per heavy atom. The van der Waals surface area contributed by atoms with Gasteiger partial charge in [-0.1, -0.05) is 43.4 Å². The Morgan fingerprint density at radius 2 is 1.83 bits per heavy atom. The van der Waals surface area contributed by atoms with Gasteiger partial charge in [-0.05, 0) is 38.5 Å². The van der Waals surface area contributed by atoms with Crippen LogP contribution in [0.3, 0.4) is 0 Å². The Bertz CT molecular complexity index is 476. The van der Waals surface area contributed by atoms with Gasteiger partial charge in [-0.2, -0.15) is 0 Å². The first kappa shape index (κ1) is 20.4. The van der Waals surface area contributed by atoms with E-state index in [1.807, 2.05) is 18.2 Å². The molecule has 24 heavy (non-hydrogen) atoms. The number of aliphatic hydroxyl groups is 1. The van der Waals surface area contributed by atoms with Crippen molar-refractivity contribution in [1.82, 2.24) is 0 Å². The molecule has 1 aliphatic carbocycles. The van der Waals surface area contributed by atoms with Crippen LogP contribution in [0.15, 0.2) is 36.5 Å². The Morgan fingerprint density at radius 1 is 1.12 bits per heavy atom. The second kappa shape index (κ2) is 11.8. The number of ketones is 1. The Balaban J connectivity index is 2.43.